The number of rotatable bonds is 3. The molecule has 1 aromatic carbocycles. The fourth-order valence-electron chi connectivity index (χ4n) is 1.06. The smallest absolute Gasteiger partial charge is 0.201 e. The Morgan fingerprint density at radius 3 is 2.76 bits per heavy atom. The van der Waals surface area contributed by atoms with Gasteiger partial charge in [-0.3, -0.25) is 10.8 Å². The van der Waals surface area contributed by atoms with Crippen LogP contribution in [0.2, 0.25) is 0 Å². The number of hydrogen-bond donors (Lipinski definition) is 3. The van der Waals surface area contributed by atoms with E-state index in [4.69, 9.17) is 16.4 Å². The standard InChI is InChI=1S/C10H9BrFN5/c1-5-2-6(3-7(11)9(5)12)16-17-8(4-13)10(14)15/h2-3,16H,1H3,(H3,14,15)/b17-8+. The van der Waals surface area contributed by atoms with Crippen molar-refractivity contribution in [2.24, 2.45) is 10.8 Å². The van der Waals surface area contributed by atoms with E-state index in [9.17, 15) is 4.39 Å². The van der Waals surface area contributed by atoms with Crippen LogP contribution in [0.1, 0.15) is 5.56 Å². The molecule has 0 radical (unpaired) electrons. The summed E-state index contributed by atoms with van der Waals surface area (Å²) in [6, 6.07) is 4.66. The minimum absolute atomic E-state index is 0.233. The van der Waals surface area contributed by atoms with Crippen LogP contribution in [-0.2, 0) is 0 Å². The number of amidine groups is 1. The largest absolute Gasteiger partial charge is 0.382 e. The first-order chi connectivity index (χ1) is 7.95. The summed E-state index contributed by atoms with van der Waals surface area (Å²) in [5, 5.41) is 19.3. The van der Waals surface area contributed by atoms with Gasteiger partial charge in [-0.25, -0.2) is 4.39 Å². The van der Waals surface area contributed by atoms with E-state index in [2.05, 4.69) is 26.5 Å². The lowest BCUT2D eigenvalue weighted by molar-refractivity contribution is 0.612. The lowest BCUT2D eigenvalue weighted by Gasteiger charge is -2.05. The lowest BCUT2D eigenvalue weighted by atomic mass is 10.2. The Labute approximate surface area is 106 Å². The molecule has 5 nitrogen and oxygen atoms in total. The highest BCUT2D eigenvalue weighted by Gasteiger charge is 2.06. The zero-order chi connectivity index (χ0) is 13.0. The van der Waals surface area contributed by atoms with E-state index in [-0.39, 0.29) is 16.0 Å². The molecule has 0 aliphatic heterocycles. The first-order valence-electron chi connectivity index (χ1n) is 4.49. The monoisotopic (exact) mass is 297 g/mol. The van der Waals surface area contributed by atoms with Gasteiger partial charge >= 0.3 is 0 Å². The highest BCUT2D eigenvalue weighted by molar-refractivity contribution is 9.10. The quantitative estimate of drug-likeness (QED) is 0.453. The van der Waals surface area contributed by atoms with E-state index < -0.39 is 5.84 Å². The number of benzene rings is 1. The molecule has 0 bridgehead atoms. The summed E-state index contributed by atoms with van der Waals surface area (Å²) < 4.78 is 13.6. The van der Waals surface area contributed by atoms with Gasteiger partial charge in [-0.2, -0.15) is 10.4 Å². The molecule has 0 aliphatic carbocycles. The zero-order valence-corrected chi connectivity index (χ0v) is 10.5. The number of nitrogens with one attached hydrogen (secondary N) is 2. The summed E-state index contributed by atoms with van der Waals surface area (Å²) in [6.45, 7) is 1.60. The van der Waals surface area contributed by atoms with Crippen LogP contribution in [0.5, 0.6) is 0 Å². The Balaban J connectivity index is 2.98. The third-order valence-corrected chi connectivity index (χ3v) is 2.44. The first-order valence-corrected chi connectivity index (χ1v) is 5.29. The highest BCUT2D eigenvalue weighted by atomic mass is 79.9. The summed E-state index contributed by atoms with van der Waals surface area (Å²) in [7, 11) is 0. The molecule has 0 spiro atoms. The maximum Gasteiger partial charge on any atom is 0.201 e. The Kier molecular flexibility index (Phi) is 4.17. The summed E-state index contributed by atoms with van der Waals surface area (Å²) >= 11 is 3.05. The number of nitrogens with two attached hydrogens (primary N) is 1. The van der Waals surface area contributed by atoms with Crippen molar-refractivity contribution in [2.75, 3.05) is 5.43 Å². The van der Waals surface area contributed by atoms with Crippen molar-refractivity contribution in [3.05, 3.63) is 28.0 Å². The van der Waals surface area contributed by atoms with Crippen LogP contribution in [0.3, 0.4) is 0 Å². The van der Waals surface area contributed by atoms with Crippen LogP contribution in [0.4, 0.5) is 10.1 Å². The highest BCUT2D eigenvalue weighted by Crippen LogP contribution is 2.23. The van der Waals surface area contributed by atoms with Gasteiger partial charge in [-0.1, -0.05) is 0 Å². The molecule has 0 saturated heterocycles. The van der Waals surface area contributed by atoms with Crippen molar-refractivity contribution in [3.63, 3.8) is 0 Å². The van der Waals surface area contributed by atoms with Crippen LogP contribution in [0.25, 0.3) is 0 Å². The Bertz CT molecular complexity index is 509. The minimum Gasteiger partial charge on any atom is -0.382 e. The van der Waals surface area contributed by atoms with Crippen LogP contribution in [-0.4, -0.2) is 11.5 Å². The van der Waals surface area contributed by atoms with Gasteiger partial charge in [0.2, 0.25) is 5.71 Å². The second kappa shape index (κ2) is 5.41. The van der Waals surface area contributed by atoms with Crippen LogP contribution < -0.4 is 11.2 Å². The average Bonchev–Trinajstić information content (AvgIpc) is 2.26. The van der Waals surface area contributed by atoms with Crippen LogP contribution >= 0.6 is 15.9 Å². The molecule has 17 heavy (non-hydrogen) atoms. The van der Waals surface area contributed by atoms with Gasteiger partial charge in [0.15, 0.2) is 5.84 Å². The molecule has 0 aromatic heterocycles. The van der Waals surface area contributed by atoms with Gasteiger partial charge in [0.25, 0.3) is 0 Å². The second-order valence-electron chi connectivity index (χ2n) is 3.19. The maximum absolute atomic E-state index is 13.3. The predicted octanol–water partition coefficient (Wildman–Crippen LogP) is 2.12. The van der Waals surface area contributed by atoms with E-state index >= 15 is 0 Å². The van der Waals surface area contributed by atoms with Crippen LogP contribution in [0.15, 0.2) is 21.7 Å². The van der Waals surface area contributed by atoms with Crippen molar-refractivity contribution in [2.45, 2.75) is 6.92 Å². The van der Waals surface area contributed by atoms with Gasteiger partial charge in [-0.05, 0) is 40.5 Å². The van der Waals surface area contributed by atoms with E-state index in [1.165, 1.54) is 12.1 Å². The van der Waals surface area contributed by atoms with E-state index in [0.29, 0.717) is 11.3 Å². The Morgan fingerprint density at radius 1 is 1.65 bits per heavy atom. The predicted molar refractivity (Wildman–Crippen MR) is 67.4 cm³/mol. The molecule has 0 aliphatic rings. The third kappa shape index (κ3) is 3.26. The molecular formula is C10H9BrFN5. The normalized spacial score (nSPS) is 10.8. The number of halogens is 2. The Morgan fingerprint density at radius 2 is 2.29 bits per heavy atom. The molecule has 0 fully saturated rings. The van der Waals surface area contributed by atoms with Crippen molar-refractivity contribution >= 4 is 33.2 Å². The SMILES string of the molecule is Cc1cc(N/N=C(\C#N)C(=N)N)cc(Br)c1F. The number of nitriles is 1. The van der Waals surface area contributed by atoms with Crippen molar-refractivity contribution in [3.8, 4) is 6.07 Å². The van der Waals surface area contributed by atoms with Gasteiger partial charge in [-0.15, -0.1) is 0 Å². The Hall–Kier alpha value is -1.94. The molecule has 0 unspecified atom stereocenters. The van der Waals surface area contributed by atoms with Gasteiger partial charge in [0.1, 0.15) is 11.9 Å². The molecule has 0 heterocycles. The molecule has 0 saturated carbocycles. The topological polar surface area (TPSA) is 98.0 Å². The molecule has 1 rings (SSSR count). The third-order valence-electron chi connectivity index (χ3n) is 1.87. The number of nitrogens with zero attached hydrogens (tertiary/aromatic N) is 2. The van der Waals surface area contributed by atoms with Crippen molar-refractivity contribution < 1.29 is 4.39 Å². The summed E-state index contributed by atoms with van der Waals surface area (Å²) in [5.41, 5.74) is 8.34. The molecular weight excluding hydrogens is 289 g/mol. The van der Waals surface area contributed by atoms with E-state index in [1.54, 1.807) is 13.0 Å². The molecule has 1 aromatic rings. The summed E-state index contributed by atoms with van der Waals surface area (Å²) in [4.78, 5) is 0. The second-order valence-corrected chi connectivity index (χ2v) is 4.04. The fourth-order valence-corrected chi connectivity index (χ4v) is 1.62. The maximum atomic E-state index is 13.3. The number of hydrazone groups is 1. The van der Waals surface area contributed by atoms with Gasteiger partial charge in [0.05, 0.1) is 10.2 Å². The van der Waals surface area contributed by atoms with Crippen molar-refractivity contribution in [1.29, 1.82) is 10.7 Å². The van der Waals surface area contributed by atoms with Gasteiger partial charge < -0.3 is 5.73 Å². The molecule has 4 N–H and O–H groups in total. The fraction of sp³-hybridized carbons (Fsp3) is 0.100. The zero-order valence-electron chi connectivity index (χ0n) is 8.88. The first kappa shape index (κ1) is 13.1. The van der Waals surface area contributed by atoms with E-state index in [1.807, 2.05) is 0 Å². The number of aryl methyl sites for hydroxylation is 1. The lowest BCUT2D eigenvalue weighted by Crippen LogP contribution is -2.21. The molecule has 0 amide bonds. The van der Waals surface area contributed by atoms with E-state index in [0.717, 1.165) is 0 Å². The van der Waals surface area contributed by atoms with Crippen molar-refractivity contribution in [1.82, 2.24) is 0 Å². The average molecular weight is 298 g/mol. The van der Waals surface area contributed by atoms with Crippen LogP contribution in [0, 0.1) is 29.5 Å². The molecule has 0 atom stereocenters. The minimum atomic E-state index is -0.433. The number of anilines is 1. The summed E-state index contributed by atoms with van der Waals surface area (Å²) in [5.74, 6) is -0.787. The van der Waals surface area contributed by atoms with Gasteiger partial charge in [0, 0.05) is 0 Å². The summed E-state index contributed by atoms with van der Waals surface area (Å²) in [6.07, 6.45) is 0. The molecule has 7 heteroatoms. The molecule has 88 valence electrons. The number of hydrogen-bond acceptors (Lipinski definition) is 4.